The summed E-state index contributed by atoms with van der Waals surface area (Å²) in [6.07, 6.45) is -4.71. The van der Waals surface area contributed by atoms with E-state index < -0.39 is 40.0 Å². The third kappa shape index (κ3) is 7.27. The minimum Gasteiger partial charge on any atom is -0.494 e. The number of sulfonamides is 1. The van der Waals surface area contributed by atoms with Gasteiger partial charge in [0.25, 0.3) is 15.9 Å². The molecule has 0 bridgehead atoms. The van der Waals surface area contributed by atoms with Crippen LogP contribution < -0.4 is 19.5 Å². The van der Waals surface area contributed by atoms with E-state index in [0.29, 0.717) is 24.1 Å². The molecule has 0 fully saturated rings. The molecule has 0 saturated heterocycles. The monoisotopic (exact) mass is 528 g/mol. The number of amides is 1. The quantitative estimate of drug-likeness (QED) is 0.378. The van der Waals surface area contributed by atoms with Crippen molar-refractivity contribution < 1.29 is 35.9 Å². The van der Waals surface area contributed by atoms with Gasteiger partial charge in [0.1, 0.15) is 11.5 Å². The van der Waals surface area contributed by atoms with Gasteiger partial charge in [-0.2, -0.15) is 13.2 Å². The minimum atomic E-state index is -4.71. The van der Waals surface area contributed by atoms with Crippen molar-refractivity contribution in [3.05, 3.63) is 77.3 Å². The van der Waals surface area contributed by atoms with E-state index in [-0.39, 0.29) is 15.7 Å². The Kier molecular flexibility index (Phi) is 8.13. The van der Waals surface area contributed by atoms with E-state index in [0.717, 1.165) is 6.07 Å². The van der Waals surface area contributed by atoms with Crippen LogP contribution in [0.15, 0.2) is 71.6 Å². The van der Waals surface area contributed by atoms with Gasteiger partial charge in [0, 0.05) is 10.7 Å². The van der Waals surface area contributed by atoms with Crippen molar-refractivity contribution in [2.45, 2.75) is 18.0 Å². The Hall–Kier alpha value is -3.44. The fourth-order valence-electron chi connectivity index (χ4n) is 2.91. The lowest BCUT2D eigenvalue weighted by molar-refractivity contribution is -0.137. The summed E-state index contributed by atoms with van der Waals surface area (Å²) in [6.45, 7) is 1.72. The summed E-state index contributed by atoms with van der Waals surface area (Å²) in [4.78, 5) is 12.0. The summed E-state index contributed by atoms with van der Waals surface area (Å²) in [7, 11) is -3.89. The first-order valence-electron chi connectivity index (χ1n) is 10.1. The Morgan fingerprint density at radius 1 is 0.943 bits per heavy atom. The van der Waals surface area contributed by atoms with Crippen molar-refractivity contribution >= 4 is 38.9 Å². The number of anilines is 2. The molecule has 0 aromatic heterocycles. The summed E-state index contributed by atoms with van der Waals surface area (Å²) < 4.78 is 77.6. The second-order valence-corrected chi connectivity index (χ2v) is 9.18. The van der Waals surface area contributed by atoms with Crippen molar-refractivity contribution in [2.24, 2.45) is 0 Å². The van der Waals surface area contributed by atoms with E-state index in [9.17, 15) is 26.4 Å². The van der Waals surface area contributed by atoms with Gasteiger partial charge < -0.3 is 14.8 Å². The second-order valence-electron chi connectivity index (χ2n) is 7.06. The van der Waals surface area contributed by atoms with Crippen molar-refractivity contribution in [1.29, 1.82) is 0 Å². The van der Waals surface area contributed by atoms with Gasteiger partial charge in [0.15, 0.2) is 6.61 Å². The molecule has 0 unspecified atom stereocenters. The number of rotatable bonds is 9. The lowest BCUT2D eigenvalue weighted by Crippen LogP contribution is -2.22. The lowest BCUT2D eigenvalue weighted by Gasteiger charge is -2.14. The van der Waals surface area contributed by atoms with E-state index in [1.54, 1.807) is 24.3 Å². The number of carbonyl (C=O) groups is 1. The Labute approximate surface area is 204 Å². The third-order valence-corrected chi connectivity index (χ3v) is 6.11. The molecule has 0 aliphatic rings. The van der Waals surface area contributed by atoms with Crippen molar-refractivity contribution in [1.82, 2.24) is 0 Å². The molecule has 3 rings (SSSR count). The van der Waals surface area contributed by atoms with Crippen molar-refractivity contribution in [3.63, 3.8) is 0 Å². The van der Waals surface area contributed by atoms with Crippen LogP contribution in [-0.2, 0) is 21.0 Å². The molecule has 0 saturated carbocycles. The van der Waals surface area contributed by atoms with Gasteiger partial charge in [-0.3, -0.25) is 9.52 Å². The summed E-state index contributed by atoms with van der Waals surface area (Å²) in [5.74, 6) is -0.0920. The SMILES string of the molecule is CCOc1ccc(NS(=O)(=O)c2ccc(OCC(=O)Nc3ccc(Cl)cc3C(F)(F)F)cc2)cc1. The maximum Gasteiger partial charge on any atom is 0.418 e. The number of alkyl halides is 3. The normalized spacial score (nSPS) is 11.6. The van der Waals surface area contributed by atoms with Gasteiger partial charge in [-0.1, -0.05) is 11.6 Å². The van der Waals surface area contributed by atoms with Crippen LogP contribution in [0.5, 0.6) is 11.5 Å². The van der Waals surface area contributed by atoms with Gasteiger partial charge in [0.2, 0.25) is 0 Å². The number of halogens is 4. The van der Waals surface area contributed by atoms with E-state index in [1.165, 1.54) is 30.3 Å². The predicted octanol–water partition coefficient (Wildman–Crippen LogP) is 5.58. The zero-order valence-corrected chi connectivity index (χ0v) is 19.8. The second kappa shape index (κ2) is 10.9. The zero-order valence-electron chi connectivity index (χ0n) is 18.2. The van der Waals surface area contributed by atoms with E-state index in [2.05, 4.69) is 10.0 Å². The Bertz CT molecular complexity index is 1280. The lowest BCUT2D eigenvalue weighted by atomic mass is 10.1. The molecule has 186 valence electrons. The van der Waals surface area contributed by atoms with Crippen molar-refractivity contribution in [2.75, 3.05) is 23.3 Å². The number of ether oxygens (including phenoxy) is 2. The average molecular weight is 529 g/mol. The molecular formula is C23H20ClF3N2O5S. The standard InChI is InChI=1S/C23H20ClF3N2O5S/c1-2-33-17-6-4-16(5-7-17)29-35(31,32)19-10-8-18(9-11-19)34-14-22(30)28-21-12-3-15(24)13-20(21)23(25,26)27/h3-13,29H,2,14H2,1H3,(H,28,30). The predicted molar refractivity (Wildman–Crippen MR) is 125 cm³/mol. The largest absolute Gasteiger partial charge is 0.494 e. The molecule has 3 aromatic carbocycles. The molecule has 2 N–H and O–H groups in total. The van der Waals surface area contributed by atoms with Crippen LogP contribution >= 0.6 is 11.6 Å². The van der Waals surface area contributed by atoms with Crippen LogP contribution in [0.1, 0.15) is 12.5 Å². The molecule has 0 aliphatic carbocycles. The molecule has 0 atom stereocenters. The smallest absolute Gasteiger partial charge is 0.418 e. The first-order chi connectivity index (χ1) is 16.5. The summed E-state index contributed by atoms with van der Waals surface area (Å²) in [6, 6.07) is 14.5. The Morgan fingerprint density at radius 3 is 2.14 bits per heavy atom. The highest BCUT2D eigenvalue weighted by atomic mass is 35.5. The number of hydrogen-bond acceptors (Lipinski definition) is 5. The Balaban J connectivity index is 1.60. The third-order valence-electron chi connectivity index (χ3n) is 4.48. The van der Waals surface area contributed by atoms with Crippen LogP contribution in [0.2, 0.25) is 5.02 Å². The summed E-state index contributed by atoms with van der Waals surface area (Å²) in [5, 5.41) is 2.01. The highest BCUT2D eigenvalue weighted by molar-refractivity contribution is 7.92. The maximum atomic E-state index is 13.1. The van der Waals surface area contributed by atoms with Gasteiger partial charge in [0.05, 0.1) is 22.8 Å². The number of nitrogens with one attached hydrogen (secondary N) is 2. The van der Waals surface area contributed by atoms with Crippen molar-refractivity contribution in [3.8, 4) is 11.5 Å². The van der Waals surface area contributed by atoms with Crippen LogP contribution in [0, 0.1) is 0 Å². The molecule has 0 radical (unpaired) electrons. The van der Waals surface area contributed by atoms with Gasteiger partial charge in [-0.05, 0) is 73.7 Å². The minimum absolute atomic E-state index is 0.0563. The number of hydrogen-bond donors (Lipinski definition) is 2. The highest BCUT2D eigenvalue weighted by Gasteiger charge is 2.34. The molecule has 0 aliphatic heterocycles. The first kappa shape index (κ1) is 26.2. The molecule has 12 heteroatoms. The first-order valence-corrected chi connectivity index (χ1v) is 12.0. The highest BCUT2D eigenvalue weighted by Crippen LogP contribution is 2.36. The molecule has 7 nitrogen and oxygen atoms in total. The average Bonchev–Trinajstić information content (AvgIpc) is 2.80. The van der Waals surface area contributed by atoms with E-state index >= 15 is 0 Å². The molecule has 0 heterocycles. The number of benzene rings is 3. The molecule has 3 aromatic rings. The fraction of sp³-hybridized carbons (Fsp3) is 0.174. The summed E-state index contributed by atoms with van der Waals surface area (Å²) >= 11 is 5.62. The van der Waals surface area contributed by atoms with E-state index in [1.807, 2.05) is 6.92 Å². The van der Waals surface area contributed by atoms with E-state index in [4.69, 9.17) is 21.1 Å². The summed E-state index contributed by atoms with van der Waals surface area (Å²) in [5.41, 5.74) is -1.21. The molecule has 35 heavy (non-hydrogen) atoms. The molecule has 0 spiro atoms. The topological polar surface area (TPSA) is 93.7 Å². The van der Waals surface area contributed by atoms with Crippen LogP contribution in [-0.4, -0.2) is 27.5 Å². The Morgan fingerprint density at radius 2 is 1.54 bits per heavy atom. The maximum absolute atomic E-state index is 13.1. The fourth-order valence-corrected chi connectivity index (χ4v) is 4.14. The van der Waals surface area contributed by atoms with Gasteiger partial charge in [-0.15, -0.1) is 0 Å². The number of carbonyl (C=O) groups excluding carboxylic acids is 1. The van der Waals surface area contributed by atoms with Gasteiger partial charge >= 0.3 is 6.18 Å². The van der Waals surface area contributed by atoms with Crippen LogP contribution in [0.3, 0.4) is 0 Å². The molecular weight excluding hydrogens is 509 g/mol. The van der Waals surface area contributed by atoms with Crippen LogP contribution in [0.4, 0.5) is 24.5 Å². The zero-order chi connectivity index (χ0) is 25.6. The van der Waals surface area contributed by atoms with Gasteiger partial charge in [-0.25, -0.2) is 8.42 Å². The van der Waals surface area contributed by atoms with Crippen LogP contribution in [0.25, 0.3) is 0 Å². The molecule has 1 amide bonds.